The summed E-state index contributed by atoms with van der Waals surface area (Å²) in [5.74, 6) is 1.12. The zero-order valence-electron chi connectivity index (χ0n) is 16.4. The van der Waals surface area contributed by atoms with Crippen molar-refractivity contribution >= 4 is 5.95 Å². The van der Waals surface area contributed by atoms with Crippen molar-refractivity contribution in [3.8, 4) is 22.6 Å². The van der Waals surface area contributed by atoms with E-state index in [2.05, 4.69) is 37.2 Å². The second-order valence-electron chi connectivity index (χ2n) is 7.65. The molecule has 0 radical (unpaired) electrons. The SMILES string of the molecule is Cc1ccc(-c2nc(C3(c4ccc(-c5cnc(N)nc5)cc4)CCC3)no2)c(=O)[nH]1. The van der Waals surface area contributed by atoms with Gasteiger partial charge in [-0.15, -0.1) is 0 Å². The number of H-pyrrole nitrogens is 1. The van der Waals surface area contributed by atoms with E-state index in [1.165, 1.54) is 0 Å². The van der Waals surface area contributed by atoms with Crippen LogP contribution in [-0.4, -0.2) is 25.1 Å². The second kappa shape index (κ2) is 6.91. The lowest BCUT2D eigenvalue weighted by Gasteiger charge is -2.39. The summed E-state index contributed by atoms with van der Waals surface area (Å²) in [5.41, 5.74) is 9.24. The number of anilines is 1. The van der Waals surface area contributed by atoms with E-state index in [4.69, 9.17) is 10.3 Å². The molecule has 1 saturated carbocycles. The molecule has 5 rings (SSSR count). The van der Waals surface area contributed by atoms with Gasteiger partial charge in [-0.05, 0) is 43.0 Å². The van der Waals surface area contributed by atoms with Gasteiger partial charge < -0.3 is 15.2 Å². The molecule has 0 unspecified atom stereocenters. The van der Waals surface area contributed by atoms with E-state index in [9.17, 15) is 4.79 Å². The Bertz CT molecular complexity index is 1250. The number of aromatic amines is 1. The lowest BCUT2D eigenvalue weighted by Crippen LogP contribution is -2.36. The highest BCUT2D eigenvalue weighted by Gasteiger charge is 2.44. The average Bonchev–Trinajstić information content (AvgIpc) is 3.18. The summed E-state index contributed by atoms with van der Waals surface area (Å²) in [4.78, 5) is 27.7. The van der Waals surface area contributed by atoms with Gasteiger partial charge in [0.2, 0.25) is 5.95 Å². The Morgan fingerprint density at radius 3 is 2.40 bits per heavy atom. The summed E-state index contributed by atoms with van der Waals surface area (Å²) >= 11 is 0. The topological polar surface area (TPSA) is 124 Å². The number of pyridine rings is 1. The van der Waals surface area contributed by atoms with Gasteiger partial charge in [0.1, 0.15) is 5.56 Å². The van der Waals surface area contributed by atoms with E-state index >= 15 is 0 Å². The minimum atomic E-state index is -0.296. The number of hydrogen-bond donors (Lipinski definition) is 2. The van der Waals surface area contributed by atoms with E-state index in [1.807, 2.05) is 25.1 Å². The highest BCUT2D eigenvalue weighted by atomic mass is 16.5. The van der Waals surface area contributed by atoms with Crippen molar-refractivity contribution in [1.82, 2.24) is 25.1 Å². The van der Waals surface area contributed by atoms with Crippen molar-refractivity contribution < 1.29 is 4.52 Å². The zero-order chi connectivity index (χ0) is 20.7. The van der Waals surface area contributed by atoms with Crippen molar-refractivity contribution in [2.75, 3.05) is 5.73 Å². The molecule has 0 bridgehead atoms. The summed E-state index contributed by atoms with van der Waals surface area (Å²) < 4.78 is 5.47. The van der Waals surface area contributed by atoms with Gasteiger partial charge in [-0.2, -0.15) is 4.98 Å². The monoisotopic (exact) mass is 400 g/mol. The fraction of sp³-hybridized carbons (Fsp3) is 0.227. The third-order valence-electron chi connectivity index (χ3n) is 5.79. The predicted octanol–water partition coefficient (Wildman–Crippen LogP) is 3.24. The molecule has 4 aromatic rings. The van der Waals surface area contributed by atoms with Gasteiger partial charge in [-0.3, -0.25) is 4.79 Å². The van der Waals surface area contributed by atoms with Crippen LogP contribution in [0.15, 0.2) is 58.1 Å². The zero-order valence-corrected chi connectivity index (χ0v) is 16.4. The van der Waals surface area contributed by atoms with Crippen LogP contribution in [-0.2, 0) is 5.41 Å². The fourth-order valence-corrected chi connectivity index (χ4v) is 3.91. The summed E-state index contributed by atoms with van der Waals surface area (Å²) in [6, 6.07) is 11.8. The number of nitrogen functional groups attached to an aromatic ring is 1. The number of nitrogens with two attached hydrogens (primary N) is 1. The molecule has 0 spiro atoms. The molecule has 1 aliphatic rings. The van der Waals surface area contributed by atoms with Crippen LogP contribution >= 0.6 is 0 Å². The highest BCUT2D eigenvalue weighted by Crippen LogP contribution is 2.48. The summed E-state index contributed by atoms with van der Waals surface area (Å²) in [5, 5.41) is 4.24. The molecule has 1 aromatic carbocycles. The first kappa shape index (κ1) is 18.2. The standard InChI is InChI=1S/C22H20N6O2/c1-13-3-8-17(18(29)26-13)19-27-20(28-30-19)22(9-2-10-22)16-6-4-14(5-7-16)15-11-24-21(23)25-12-15/h3-8,11-12H,2,9-10H2,1H3,(H,26,29)(H2,23,24,25). The van der Waals surface area contributed by atoms with E-state index in [0.29, 0.717) is 11.4 Å². The molecular formula is C22H20N6O2. The molecule has 0 saturated heterocycles. The maximum Gasteiger partial charge on any atom is 0.263 e. The summed E-state index contributed by atoms with van der Waals surface area (Å²) in [7, 11) is 0. The number of benzene rings is 1. The molecule has 1 aliphatic carbocycles. The lowest BCUT2D eigenvalue weighted by molar-refractivity contribution is 0.273. The van der Waals surface area contributed by atoms with Crippen molar-refractivity contribution in [3.63, 3.8) is 0 Å². The molecule has 8 nitrogen and oxygen atoms in total. The first-order chi connectivity index (χ1) is 14.5. The molecule has 0 aliphatic heterocycles. The normalized spacial score (nSPS) is 15.0. The Kier molecular flexibility index (Phi) is 4.20. The number of rotatable bonds is 4. The van der Waals surface area contributed by atoms with Crippen LogP contribution in [0.5, 0.6) is 0 Å². The molecule has 1 fully saturated rings. The van der Waals surface area contributed by atoms with Crippen LogP contribution in [0.1, 0.15) is 36.3 Å². The molecule has 3 heterocycles. The van der Waals surface area contributed by atoms with E-state index in [0.717, 1.165) is 41.6 Å². The maximum atomic E-state index is 12.2. The van der Waals surface area contributed by atoms with Gasteiger partial charge in [-0.25, -0.2) is 9.97 Å². The van der Waals surface area contributed by atoms with Crippen molar-refractivity contribution in [3.05, 3.63) is 76.2 Å². The van der Waals surface area contributed by atoms with E-state index < -0.39 is 0 Å². The Morgan fingerprint density at radius 2 is 1.77 bits per heavy atom. The minimum absolute atomic E-state index is 0.233. The molecule has 150 valence electrons. The third-order valence-corrected chi connectivity index (χ3v) is 5.79. The molecule has 0 atom stereocenters. The van der Waals surface area contributed by atoms with Gasteiger partial charge >= 0.3 is 0 Å². The van der Waals surface area contributed by atoms with Crippen LogP contribution < -0.4 is 11.3 Å². The first-order valence-corrected chi connectivity index (χ1v) is 9.78. The number of nitrogens with one attached hydrogen (secondary N) is 1. The van der Waals surface area contributed by atoms with Gasteiger partial charge in [0, 0.05) is 23.7 Å². The lowest BCUT2D eigenvalue weighted by atomic mass is 9.64. The molecule has 3 N–H and O–H groups in total. The summed E-state index contributed by atoms with van der Waals surface area (Å²) in [6.07, 6.45) is 6.37. The largest absolute Gasteiger partial charge is 0.368 e. The highest BCUT2D eigenvalue weighted by molar-refractivity contribution is 5.63. The number of aryl methyl sites for hydroxylation is 1. The predicted molar refractivity (Wildman–Crippen MR) is 112 cm³/mol. The average molecular weight is 400 g/mol. The Balaban J connectivity index is 1.48. The van der Waals surface area contributed by atoms with Crippen LogP contribution in [0.25, 0.3) is 22.6 Å². The number of nitrogens with zero attached hydrogens (tertiary/aromatic N) is 4. The van der Waals surface area contributed by atoms with Gasteiger partial charge in [0.15, 0.2) is 5.82 Å². The Labute approximate surface area is 172 Å². The van der Waals surface area contributed by atoms with Crippen molar-refractivity contribution in [2.24, 2.45) is 0 Å². The quantitative estimate of drug-likeness (QED) is 0.539. The minimum Gasteiger partial charge on any atom is -0.368 e. The van der Waals surface area contributed by atoms with Crippen LogP contribution in [0.3, 0.4) is 0 Å². The van der Waals surface area contributed by atoms with Crippen LogP contribution in [0.2, 0.25) is 0 Å². The van der Waals surface area contributed by atoms with Gasteiger partial charge in [-0.1, -0.05) is 35.8 Å². The van der Waals surface area contributed by atoms with E-state index in [1.54, 1.807) is 18.5 Å². The van der Waals surface area contributed by atoms with Crippen molar-refractivity contribution in [2.45, 2.75) is 31.6 Å². The molecule has 30 heavy (non-hydrogen) atoms. The van der Waals surface area contributed by atoms with Crippen LogP contribution in [0.4, 0.5) is 5.95 Å². The summed E-state index contributed by atoms with van der Waals surface area (Å²) in [6.45, 7) is 1.83. The first-order valence-electron chi connectivity index (χ1n) is 9.78. The molecule has 8 heteroatoms. The molecule has 0 amide bonds. The Morgan fingerprint density at radius 1 is 1.03 bits per heavy atom. The third kappa shape index (κ3) is 2.97. The smallest absolute Gasteiger partial charge is 0.263 e. The number of hydrogen-bond acceptors (Lipinski definition) is 7. The van der Waals surface area contributed by atoms with Gasteiger partial charge in [0.05, 0.1) is 5.41 Å². The Hall–Kier alpha value is -3.81. The fourth-order valence-electron chi connectivity index (χ4n) is 3.91. The number of aromatic nitrogens is 5. The van der Waals surface area contributed by atoms with Crippen LogP contribution in [0, 0.1) is 6.92 Å². The van der Waals surface area contributed by atoms with E-state index in [-0.39, 0.29) is 22.8 Å². The molecule has 3 aromatic heterocycles. The second-order valence-corrected chi connectivity index (χ2v) is 7.65. The molecular weight excluding hydrogens is 380 g/mol. The van der Waals surface area contributed by atoms with Gasteiger partial charge in [0.25, 0.3) is 11.4 Å². The van der Waals surface area contributed by atoms with Crippen molar-refractivity contribution in [1.29, 1.82) is 0 Å². The maximum absolute atomic E-state index is 12.2.